The third-order valence-electron chi connectivity index (χ3n) is 2.94. The maximum atomic E-state index is 11.3. The quantitative estimate of drug-likeness (QED) is 0.462. The molecule has 0 saturated carbocycles. The molecule has 0 spiro atoms. The van der Waals surface area contributed by atoms with Crippen molar-refractivity contribution in [3.63, 3.8) is 0 Å². The predicted octanol–water partition coefficient (Wildman–Crippen LogP) is 0.0632. The van der Waals surface area contributed by atoms with Gasteiger partial charge in [-0.1, -0.05) is 19.9 Å². The minimum atomic E-state index is -0.943. The van der Waals surface area contributed by atoms with Gasteiger partial charge < -0.3 is 19.9 Å². The van der Waals surface area contributed by atoms with Crippen molar-refractivity contribution in [3.05, 3.63) is 0 Å². The Morgan fingerprint density at radius 2 is 1.94 bits per heavy atom. The van der Waals surface area contributed by atoms with E-state index in [-0.39, 0.29) is 17.2 Å². The lowest BCUT2D eigenvalue weighted by atomic mass is 9.90. The van der Waals surface area contributed by atoms with Crippen LogP contribution in [0.2, 0.25) is 6.04 Å². The van der Waals surface area contributed by atoms with Crippen molar-refractivity contribution in [2.24, 2.45) is 5.41 Å². The molecule has 0 saturated heterocycles. The molecule has 0 aromatic rings. The number of aliphatic hydroxyl groups excluding tert-OH is 1. The monoisotopic (exact) mass is 277 g/mol. The number of hydrogen-bond donors (Lipinski definition) is 2. The molecule has 0 fully saturated rings. The molecular weight excluding hydrogens is 250 g/mol. The summed E-state index contributed by atoms with van der Waals surface area (Å²) >= 11 is 0. The molecule has 5 nitrogen and oxygen atoms in total. The maximum absolute atomic E-state index is 11.3. The largest absolute Gasteiger partial charge is 0.384 e. The van der Waals surface area contributed by atoms with E-state index in [0.29, 0.717) is 6.54 Å². The lowest BCUT2D eigenvalue weighted by molar-refractivity contribution is -0.128. The van der Waals surface area contributed by atoms with E-state index in [1.165, 1.54) is 6.92 Å². The van der Waals surface area contributed by atoms with Gasteiger partial charge in [-0.15, -0.1) is 0 Å². The molecule has 0 aliphatic rings. The number of rotatable bonds is 9. The van der Waals surface area contributed by atoms with Crippen molar-refractivity contribution in [1.29, 1.82) is 0 Å². The standard InChI is InChI=1S/C12H27NO4Si/c1-9(14)10(15)13-8-12(2,3)6-7-18-11(16-4)17-5/h9,11,14H,6-8,18H2,1-5H3,(H,13,15). The van der Waals surface area contributed by atoms with Crippen molar-refractivity contribution in [3.8, 4) is 0 Å². The fourth-order valence-electron chi connectivity index (χ4n) is 1.64. The van der Waals surface area contributed by atoms with Crippen LogP contribution in [-0.2, 0) is 14.3 Å². The number of amides is 1. The molecule has 0 rings (SSSR count). The van der Waals surface area contributed by atoms with Gasteiger partial charge in [-0.3, -0.25) is 4.79 Å². The Labute approximate surface area is 112 Å². The van der Waals surface area contributed by atoms with E-state index in [1.54, 1.807) is 14.2 Å². The summed E-state index contributed by atoms with van der Waals surface area (Å²) in [6, 6.07) is 1.10. The summed E-state index contributed by atoms with van der Waals surface area (Å²) in [7, 11) is 2.91. The van der Waals surface area contributed by atoms with Gasteiger partial charge in [0.2, 0.25) is 5.91 Å². The predicted molar refractivity (Wildman–Crippen MR) is 74.2 cm³/mol. The molecule has 0 aromatic carbocycles. The van der Waals surface area contributed by atoms with Gasteiger partial charge in [-0.25, -0.2) is 0 Å². The normalized spacial score (nSPS) is 14.4. The number of ether oxygens (including phenoxy) is 2. The van der Waals surface area contributed by atoms with E-state index < -0.39 is 15.6 Å². The maximum Gasteiger partial charge on any atom is 0.248 e. The lowest BCUT2D eigenvalue weighted by Gasteiger charge is -2.26. The van der Waals surface area contributed by atoms with Crippen molar-refractivity contribution < 1.29 is 19.4 Å². The van der Waals surface area contributed by atoms with E-state index in [4.69, 9.17) is 14.6 Å². The molecule has 2 N–H and O–H groups in total. The Balaban J connectivity index is 3.89. The summed E-state index contributed by atoms with van der Waals surface area (Å²) in [5, 5.41) is 11.8. The molecule has 0 aromatic heterocycles. The molecule has 0 aliphatic heterocycles. The first-order valence-electron chi connectivity index (χ1n) is 6.34. The van der Waals surface area contributed by atoms with Crippen LogP contribution in [0.5, 0.6) is 0 Å². The molecule has 1 atom stereocenters. The van der Waals surface area contributed by atoms with E-state index >= 15 is 0 Å². The van der Waals surface area contributed by atoms with Crippen LogP contribution >= 0.6 is 0 Å². The average Bonchev–Trinajstić information content (AvgIpc) is 2.31. The first-order valence-corrected chi connectivity index (χ1v) is 8.15. The lowest BCUT2D eigenvalue weighted by Crippen LogP contribution is -2.39. The zero-order valence-electron chi connectivity index (χ0n) is 12.2. The van der Waals surface area contributed by atoms with Crippen LogP contribution in [0.15, 0.2) is 0 Å². The highest BCUT2D eigenvalue weighted by atomic mass is 28.2. The molecular formula is C12H27NO4Si. The smallest absolute Gasteiger partial charge is 0.248 e. The van der Waals surface area contributed by atoms with E-state index in [1.807, 2.05) is 0 Å². The Morgan fingerprint density at radius 3 is 2.39 bits per heavy atom. The van der Waals surface area contributed by atoms with Crippen LogP contribution in [0, 0.1) is 5.41 Å². The third kappa shape index (κ3) is 7.81. The summed E-state index contributed by atoms with van der Waals surface area (Å²) in [6.07, 6.45) is 0.0734. The van der Waals surface area contributed by atoms with Gasteiger partial charge in [-0.2, -0.15) is 0 Å². The number of hydrogen-bond acceptors (Lipinski definition) is 4. The molecule has 1 unspecified atom stereocenters. The topological polar surface area (TPSA) is 67.8 Å². The number of methoxy groups -OCH3 is 2. The van der Waals surface area contributed by atoms with Gasteiger partial charge in [0, 0.05) is 20.8 Å². The molecule has 6 heteroatoms. The molecule has 0 bridgehead atoms. The summed E-state index contributed by atoms with van der Waals surface area (Å²) in [6.45, 7) is 6.27. The Hall–Kier alpha value is -0.433. The van der Waals surface area contributed by atoms with Gasteiger partial charge in [0.15, 0.2) is 0 Å². The van der Waals surface area contributed by atoms with Crippen molar-refractivity contribution in [1.82, 2.24) is 5.32 Å². The highest BCUT2D eigenvalue weighted by molar-refractivity contribution is 6.36. The van der Waals surface area contributed by atoms with Gasteiger partial charge in [0.1, 0.15) is 12.0 Å². The highest BCUT2D eigenvalue weighted by Gasteiger charge is 2.20. The first kappa shape index (κ1) is 17.6. The zero-order chi connectivity index (χ0) is 14.2. The van der Waals surface area contributed by atoms with E-state index in [0.717, 1.165) is 12.5 Å². The van der Waals surface area contributed by atoms with Gasteiger partial charge in [0.05, 0.1) is 9.52 Å². The molecule has 18 heavy (non-hydrogen) atoms. The highest BCUT2D eigenvalue weighted by Crippen LogP contribution is 2.21. The molecule has 1 amide bonds. The number of nitrogens with one attached hydrogen (secondary N) is 1. The van der Waals surface area contributed by atoms with Crippen molar-refractivity contribution in [2.45, 2.75) is 45.3 Å². The third-order valence-corrected chi connectivity index (χ3v) is 4.84. The minimum Gasteiger partial charge on any atom is -0.384 e. The summed E-state index contributed by atoms with van der Waals surface area (Å²) < 4.78 is 10.4. The van der Waals surface area contributed by atoms with Gasteiger partial charge >= 0.3 is 0 Å². The zero-order valence-corrected chi connectivity index (χ0v) is 13.6. The molecule has 0 aliphatic carbocycles. The Kier molecular flexibility index (Phi) is 8.42. The van der Waals surface area contributed by atoms with Crippen LogP contribution in [-0.4, -0.2) is 53.3 Å². The van der Waals surface area contributed by atoms with Crippen LogP contribution in [0.25, 0.3) is 0 Å². The van der Waals surface area contributed by atoms with Crippen molar-refractivity contribution in [2.75, 3.05) is 20.8 Å². The second-order valence-electron chi connectivity index (χ2n) is 5.35. The van der Waals surface area contributed by atoms with E-state index in [2.05, 4.69) is 19.2 Å². The number of aliphatic hydroxyl groups is 1. The minimum absolute atomic E-state index is 0.0205. The second-order valence-corrected chi connectivity index (χ2v) is 7.30. The summed E-state index contributed by atoms with van der Waals surface area (Å²) in [5.74, 6) is -0.333. The SMILES string of the molecule is COC(OC)[SiH2]CCC(C)(C)CNC(=O)C(C)O. The number of carbonyl (C=O) groups excluding carboxylic acids is 1. The summed E-state index contributed by atoms with van der Waals surface area (Å²) in [5.41, 5.74) is 0.0313. The van der Waals surface area contributed by atoms with Gasteiger partial charge in [0.25, 0.3) is 0 Å². The number of carbonyl (C=O) groups is 1. The molecule has 0 radical (unpaired) electrons. The van der Waals surface area contributed by atoms with Crippen LogP contribution in [0.4, 0.5) is 0 Å². The fraction of sp³-hybridized carbons (Fsp3) is 0.917. The average molecular weight is 277 g/mol. The molecule has 0 heterocycles. The van der Waals surface area contributed by atoms with Crippen molar-refractivity contribution >= 4 is 15.4 Å². The Morgan fingerprint density at radius 1 is 1.39 bits per heavy atom. The van der Waals surface area contributed by atoms with Gasteiger partial charge in [-0.05, 0) is 18.8 Å². The first-order chi connectivity index (χ1) is 8.32. The summed E-state index contributed by atoms with van der Waals surface area (Å²) in [4.78, 5) is 11.3. The van der Waals surface area contributed by atoms with Crippen LogP contribution in [0.1, 0.15) is 27.2 Å². The Bertz CT molecular complexity index is 242. The van der Waals surface area contributed by atoms with Crippen LogP contribution in [0.3, 0.4) is 0 Å². The second kappa shape index (κ2) is 8.63. The molecule has 108 valence electrons. The fourth-order valence-corrected chi connectivity index (χ4v) is 3.61. The van der Waals surface area contributed by atoms with E-state index in [9.17, 15) is 4.79 Å². The van der Waals surface area contributed by atoms with Crippen LogP contribution < -0.4 is 5.32 Å².